The number of carbonyl (C=O) groups excluding carboxylic acids is 1. The predicted molar refractivity (Wildman–Crippen MR) is 200 cm³/mol. The first-order chi connectivity index (χ1) is 26.6. The summed E-state index contributed by atoms with van der Waals surface area (Å²) in [5.74, 6) is -1.15. The molecule has 2 aromatic carbocycles. The molecule has 2 aliphatic rings. The molecule has 310 valence electrons. The number of nitrogen functional groups attached to an aromatic ring is 1. The molecule has 17 nitrogen and oxygen atoms in total. The highest BCUT2D eigenvalue weighted by molar-refractivity contribution is 7.88. The minimum atomic E-state index is -4.70. The van der Waals surface area contributed by atoms with Crippen molar-refractivity contribution in [3.8, 4) is 5.75 Å². The Kier molecular flexibility index (Phi) is 11.9. The number of sulfonamides is 1. The fraction of sp³-hybridized carbons (Fsp3) is 0.441. The Balaban J connectivity index is 1.25. The maximum absolute atomic E-state index is 14.6. The van der Waals surface area contributed by atoms with Gasteiger partial charge in [0.1, 0.15) is 41.4 Å². The number of hydrazine groups is 1. The van der Waals surface area contributed by atoms with Crippen LogP contribution in [-0.2, 0) is 46.2 Å². The number of alkyl halides is 3. The summed E-state index contributed by atoms with van der Waals surface area (Å²) in [4.78, 5) is 24.4. The summed E-state index contributed by atoms with van der Waals surface area (Å²) in [6, 6.07) is 11.8. The molecule has 0 amide bonds. The van der Waals surface area contributed by atoms with Gasteiger partial charge in [0.15, 0.2) is 12.0 Å². The highest BCUT2D eigenvalue weighted by atomic mass is 35.5. The summed E-state index contributed by atoms with van der Waals surface area (Å²) in [5.41, 5.74) is 1.09. The summed E-state index contributed by atoms with van der Waals surface area (Å²) in [7, 11) is -8.40. The van der Waals surface area contributed by atoms with Crippen molar-refractivity contribution in [2.75, 3.05) is 30.1 Å². The standard InChI is InChI=1S/C34H40ClF3N7O10PS/c1-4-45(43-57(3,50)51)28-23-14-17-44(27(23)40-31(39)41-28)29-32(2,48)26(46)25(54-29)19-53-56(49,55-22-12-10-21(35)11-13-22)42-33(15-7-16-33)30(47)52-18-20-8-5-6-9-24(20)34(36,37)38/h5-6,8-14,17,25-26,29,43,46,48H,4,7,15-16,18-19H2,1-3H3,(H,42,49)(H2,39,40,41)/t25?,26-,29?,32-,56?/m1/s1. The predicted octanol–water partition coefficient (Wildman–Crippen LogP) is 4.44. The van der Waals surface area contributed by atoms with E-state index < -0.39 is 78.3 Å². The van der Waals surface area contributed by atoms with Crippen LogP contribution in [-0.4, -0.2) is 81.9 Å². The second-order valence-corrected chi connectivity index (χ2v) is 17.6. The third kappa shape index (κ3) is 9.16. The Labute approximate surface area is 329 Å². The van der Waals surface area contributed by atoms with Gasteiger partial charge in [-0.3, -0.25) is 14.3 Å². The summed E-state index contributed by atoms with van der Waals surface area (Å²) >= 11 is 6.02. The van der Waals surface area contributed by atoms with Gasteiger partial charge in [0.2, 0.25) is 16.0 Å². The van der Waals surface area contributed by atoms with Crippen LogP contribution in [0.4, 0.5) is 24.9 Å². The van der Waals surface area contributed by atoms with Crippen LogP contribution in [0.2, 0.25) is 5.02 Å². The van der Waals surface area contributed by atoms with E-state index in [4.69, 9.17) is 35.9 Å². The molecule has 0 spiro atoms. The van der Waals surface area contributed by atoms with E-state index in [2.05, 4.69) is 19.9 Å². The summed E-state index contributed by atoms with van der Waals surface area (Å²) in [6.07, 6.45) is -6.17. The van der Waals surface area contributed by atoms with Crippen LogP contribution >= 0.6 is 19.3 Å². The molecule has 4 aromatic rings. The van der Waals surface area contributed by atoms with Crippen LogP contribution in [0.15, 0.2) is 60.8 Å². The number of anilines is 2. The molecule has 3 heterocycles. The van der Waals surface area contributed by atoms with E-state index in [9.17, 15) is 41.2 Å². The highest BCUT2D eigenvalue weighted by Crippen LogP contribution is 2.52. The zero-order chi connectivity index (χ0) is 41.6. The van der Waals surface area contributed by atoms with Crippen molar-refractivity contribution in [3.05, 3.63) is 76.9 Å². The third-order valence-corrected chi connectivity index (χ3v) is 11.9. The molecular formula is C34H40ClF3N7O10PS. The Morgan fingerprint density at radius 3 is 2.47 bits per heavy atom. The van der Waals surface area contributed by atoms with Crippen LogP contribution in [0, 0.1) is 0 Å². The van der Waals surface area contributed by atoms with E-state index in [0.717, 1.165) is 12.3 Å². The van der Waals surface area contributed by atoms with Gasteiger partial charge in [-0.1, -0.05) is 29.8 Å². The Morgan fingerprint density at radius 2 is 1.86 bits per heavy atom. The van der Waals surface area contributed by atoms with E-state index in [-0.39, 0.29) is 48.1 Å². The molecule has 23 heteroatoms. The number of carbonyl (C=O) groups is 1. The smallest absolute Gasteiger partial charge is 0.459 e. The first-order valence-corrected chi connectivity index (χ1v) is 21.2. The molecule has 57 heavy (non-hydrogen) atoms. The lowest BCUT2D eigenvalue weighted by molar-refractivity contribution is -0.157. The van der Waals surface area contributed by atoms with Gasteiger partial charge in [-0.25, -0.2) is 13.0 Å². The Bertz CT molecular complexity index is 2280. The number of hydrogen-bond donors (Lipinski definition) is 5. The number of aliphatic hydroxyl groups excluding tert-OH is 1. The van der Waals surface area contributed by atoms with Gasteiger partial charge < -0.3 is 34.5 Å². The molecule has 0 bridgehead atoms. The van der Waals surface area contributed by atoms with Crippen molar-refractivity contribution in [1.29, 1.82) is 0 Å². The van der Waals surface area contributed by atoms with Crippen molar-refractivity contribution in [1.82, 2.24) is 24.5 Å². The molecule has 0 radical (unpaired) electrons. The van der Waals surface area contributed by atoms with Crippen molar-refractivity contribution in [3.63, 3.8) is 0 Å². The number of nitrogens with two attached hydrogens (primary N) is 1. The van der Waals surface area contributed by atoms with Gasteiger partial charge in [-0.05, 0) is 69.5 Å². The molecule has 5 atom stereocenters. The number of nitrogens with zero attached hydrogens (tertiary/aromatic N) is 4. The normalized spacial score (nSPS) is 23.1. The number of benzene rings is 2. The molecule has 1 saturated carbocycles. The lowest BCUT2D eigenvalue weighted by Gasteiger charge is -2.41. The van der Waals surface area contributed by atoms with Crippen LogP contribution in [0.5, 0.6) is 5.75 Å². The highest BCUT2D eigenvalue weighted by Gasteiger charge is 2.56. The fourth-order valence-electron chi connectivity index (χ4n) is 6.51. The maximum atomic E-state index is 14.6. The number of esters is 1. The lowest BCUT2D eigenvalue weighted by atomic mass is 9.78. The molecular weight excluding hydrogens is 822 g/mol. The number of halogens is 4. The van der Waals surface area contributed by atoms with Crippen LogP contribution < -0.4 is 25.2 Å². The molecule has 1 aliphatic carbocycles. The van der Waals surface area contributed by atoms with Gasteiger partial charge in [-0.2, -0.15) is 28.2 Å². The van der Waals surface area contributed by atoms with E-state index >= 15 is 0 Å². The average molecular weight is 862 g/mol. The van der Waals surface area contributed by atoms with E-state index in [0.29, 0.717) is 16.8 Å². The first-order valence-electron chi connectivity index (χ1n) is 17.4. The van der Waals surface area contributed by atoms with Crippen LogP contribution in [0.25, 0.3) is 11.0 Å². The van der Waals surface area contributed by atoms with Gasteiger partial charge in [0, 0.05) is 23.3 Å². The summed E-state index contributed by atoms with van der Waals surface area (Å²) in [6.45, 7) is 1.66. The number of ether oxygens (including phenoxy) is 2. The monoisotopic (exact) mass is 861 g/mol. The molecule has 6 N–H and O–H groups in total. The average Bonchev–Trinajstić information content (AvgIpc) is 3.63. The Morgan fingerprint density at radius 1 is 1.18 bits per heavy atom. The van der Waals surface area contributed by atoms with Crippen molar-refractivity contribution < 1.29 is 59.7 Å². The van der Waals surface area contributed by atoms with Crippen molar-refractivity contribution in [2.24, 2.45) is 0 Å². The number of hydrogen-bond acceptors (Lipinski definition) is 14. The number of aliphatic hydroxyl groups is 2. The second-order valence-electron chi connectivity index (χ2n) is 13.8. The van der Waals surface area contributed by atoms with E-state index in [1.807, 2.05) is 0 Å². The number of rotatable bonds is 15. The molecule has 2 fully saturated rings. The molecule has 3 unspecified atom stereocenters. The van der Waals surface area contributed by atoms with Crippen LogP contribution in [0.1, 0.15) is 50.5 Å². The largest absolute Gasteiger partial charge is 0.459 e. The SMILES string of the molecule is CCN(NS(C)(=O)=O)c1nc(N)nc2c1ccn2C1OC(COP(=O)(NC2(C(=O)OCc3ccccc3C(F)(F)F)CCC2)Oc2ccc(Cl)cc2)[C@@H](O)[C@@]1(C)O. The fourth-order valence-corrected chi connectivity index (χ4v) is 9.00. The van der Waals surface area contributed by atoms with Gasteiger partial charge in [0.05, 0.1) is 23.8 Å². The van der Waals surface area contributed by atoms with Gasteiger partial charge >= 0.3 is 19.9 Å². The van der Waals surface area contributed by atoms with Crippen molar-refractivity contribution in [2.45, 2.75) is 75.5 Å². The quantitative estimate of drug-likeness (QED) is 0.0632. The number of fused-ring (bicyclic) bond motifs is 1. The van der Waals surface area contributed by atoms with E-state index in [1.54, 1.807) is 6.92 Å². The minimum Gasteiger partial charge on any atom is -0.459 e. The topological polar surface area (TPSA) is 230 Å². The zero-order valence-corrected chi connectivity index (χ0v) is 33.1. The van der Waals surface area contributed by atoms with Crippen LogP contribution in [0.3, 0.4) is 0 Å². The molecule has 2 aromatic heterocycles. The minimum absolute atomic E-state index is 0.00619. The number of nitrogens with one attached hydrogen (secondary N) is 2. The summed E-state index contributed by atoms with van der Waals surface area (Å²) < 4.78 is 104. The Hall–Kier alpha value is -4.05. The zero-order valence-electron chi connectivity index (χ0n) is 30.6. The molecule has 6 rings (SSSR count). The third-order valence-electron chi connectivity index (χ3n) is 9.50. The maximum Gasteiger partial charge on any atom is 0.459 e. The van der Waals surface area contributed by atoms with Gasteiger partial charge in [-0.15, -0.1) is 4.83 Å². The first kappa shape index (κ1) is 42.6. The summed E-state index contributed by atoms with van der Waals surface area (Å²) in [5, 5.41) is 27.5. The molecule has 1 saturated heterocycles. The number of aromatic nitrogens is 3. The van der Waals surface area contributed by atoms with E-state index in [1.165, 1.54) is 71.2 Å². The second kappa shape index (κ2) is 16.0. The van der Waals surface area contributed by atoms with Gasteiger partial charge in [0.25, 0.3) is 0 Å². The molecule has 1 aliphatic heterocycles. The lowest BCUT2D eigenvalue weighted by Crippen LogP contribution is -2.57. The van der Waals surface area contributed by atoms with Crippen molar-refractivity contribution >= 4 is 58.1 Å².